The van der Waals surface area contributed by atoms with Gasteiger partial charge in [0.2, 0.25) is 5.91 Å². The zero-order valence-corrected chi connectivity index (χ0v) is 11.8. The zero-order chi connectivity index (χ0) is 14.8. The number of carboxylic acid groups (broad SMARTS) is 1. The van der Waals surface area contributed by atoms with Gasteiger partial charge in [-0.2, -0.15) is 0 Å². The Morgan fingerprint density at radius 3 is 2.60 bits per heavy atom. The van der Waals surface area contributed by atoms with Crippen molar-refractivity contribution in [2.45, 2.75) is 25.7 Å². The first-order valence-electron chi connectivity index (χ1n) is 6.83. The van der Waals surface area contributed by atoms with Crippen LogP contribution in [-0.2, 0) is 9.59 Å². The lowest BCUT2D eigenvalue weighted by Gasteiger charge is -2.13. The summed E-state index contributed by atoms with van der Waals surface area (Å²) in [5.74, 6) is -0.608. The van der Waals surface area contributed by atoms with Crippen LogP contribution in [-0.4, -0.2) is 36.6 Å². The van der Waals surface area contributed by atoms with Crippen molar-refractivity contribution in [3.8, 4) is 0 Å². The molecule has 1 amide bonds. The second-order valence-corrected chi connectivity index (χ2v) is 4.79. The molecular weight excluding hydrogens is 256 g/mol. The molecule has 0 spiro atoms. The van der Waals surface area contributed by atoms with E-state index in [9.17, 15) is 9.59 Å². The molecule has 5 heteroatoms. The number of benzene rings is 1. The summed E-state index contributed by atoms with van der Waals surface area (Å²) >= 11 is 0. The van der Waals surface area contributed by atoms with E-state index in [4.69, 9.17) is 5.11 Å². The Kier molecular flexibility index (Phi) is 7.35. The summed E-state index contributed by atoms with van der Waals surface area (Å²) in [5.41, 5.74) is 1.20. The molecule has 0 heterocycles. The van der Waals surface area contributed by atoms with Crippen molar-refractivity contribution in [1.29, 1.82) is 0 Å². The Morgan fingerprint density at radius 1 is 1.25 bits per heavy atom. The van der Waals surface area contributed by atoms with E-state index in [0.717, 1.165) is 0 Å². The van der Waals surface area contributed by atoms with Gasteiger partial charge in [-0.3, -0.25) is 9.59 Å². The molecule has 1 aromatic rings. The van der Waals surface area contributed by atoms with Gasteiger partial charge in [0.05, 0.1) is 6.54 Å². The van der Waals surface area contributed by atoms with Gasteiger partial charge in [-0.1, -0.05) is 37.3 Å². The molecular formula is C15H22N2O3. The Bertz CT molecular complexity index is 420. The molecule has 0 bridgehead atoms. The summed E-state index contributed by atoms with van der Waals surface area (Å²) in [5, 5.41) is 14.3. The van der Waals surface area contributed by atoms with Crippen LogP contribution in [0.1, 0.15) is 31.2 Å². The molecule has 0 aliphatic heterocycles. The molecule has 3 N–H and O–H groups in total. The fraction of sp³-hybridized carbons (Fsp3) is 0.467. The summed E-state index contributed by atoms with van der Waals surface area (Å²) < 4.78 is 0. The quantitative estimate of drug-likeness (QED) is 0.596. The molecule has 1 unspecified atom stereocenters. The van der Waals surface area contributed by atoms with Gasteiger partial charge in [0.1, 0.15) is 0 Å². The number of carbonyl (C=O) groups excluding carboxylic acids is 1. The van der Waals surface area contributed by atoms with Crippen molar-refractivity contribution in [1.82, 2.24) is 10.6 Å². The third-order valence-electron chi connectivity index (χ3n) is 3.00. The van der Waals surface area contributed by atoms with Crippen LogP contribution >= 0.6 is 0 Å². The fourth-order valence-corrected chi connectivity index (χ4v) is 1.80. The predicted molar refractivity (Wildman–Crippen MR) is 77.6 cm³/mol. The first-order valence-corrected chi connectivity index (χ1v) is 6.83. The van der Waals surface area contributed by atoms with Crippen molar-refractivity contribution in [2.75, 3.05) is 19.6 Å². The lowest BCUT2D eigenvalue weighted by Crippen LogP contribution is -2.36. The number of nitrogens with one attached hydrogen (secondary N) is 2. The van der Waals surface area contributed by atoms with Crippen molar-refractivity contribution >= 4 is 11.9 Å². The van der Waals surface area contributed by atoms with Crippen LogP contribution < -0.4 is 10.6 Å². The maximum atomic E-state index is 11.6. The molecule has 0 aliphatic rings. The number of carbonyl (C=O) groups is 2. The van der Waals surface area contributed by atoms with E-state index in [1.807, 2.05) is 30.3 Å². The number of aliphatic carboxylic acids is 1. The van der Waals surface area contributed by atoms with Gasteiger partial charge in [0, 0.05) is 13.0 Å². The minimum atomic E-state index is -0.812. The number of hydrogen-bond acceptors (Lipinski definition) is 3. The molecule has 1 aromatic carbocycles. The Hall–Kier alpha value is -1.88. The third kappa shape index (κ3) is 6.89. The average Bonchev–Trinajstić information content (AvgIpc) is 2.45. The monoisotopic (exact) mass is 278 g/mol. The highest BCUT2D eigenvalue weighted by Crippen LogP contribution is 2.12. The molecule has 1 atom stereocenters. The van der Waals surface area contributed by atoms with Gasteiger partial charge in [-0.05, 0) is 24.4 Å². The smallest absolute Gasteiger partial charge is 0.303 e. The molecule has 1 rings (SSSR count). The normalized spacial score (nSPS) is 11.8. The molecule has 0 saturated heterocycles. The number of rotatable bonds is 9. The van der Waals surface area contributed by atoms with Crippen LogP contribution in [0.2, 0.25) is 0 Å². The molecule has 20 heavy (non-hydrogen) atoms. The lowest BCUT2D eigenvalue weighted by atomic mass is 10.0. The average molecular weight is 278 g/mol. The van der Waals surface area contributed by atoms with Gasteiger partial charge in [-0.25, -0.2) is 0 Å². The predicted octanol–water partition coefficient (Wildman–Crippen LogP) is 1.36. The van der Waals surface area contributed by atoms with Crippen LogP contribution in [0, 0.1) is 0 Å². The highest BCUT2D eigenvalue weighted by molar-refractivity contribution is 5.78. The van der Waals surface area contributed by atoms with Crippen LogP contribution in [0.4, 0.5) is 0 Å². The molecule has 0 saturated carbocycles. The highest BCUT2D eigenvalue weighted by atomic mass is 16.4. The third-order valence-corrected chi connectivity index (χ3v) is 3.00. The largest absolute Gasteiger partial charge is 0.481 e. The van der Waals surface area contributed by atoms with E-state index in [2.05, 4.69) is 17.6 Å². The van der Waals surface area contributed by atoms with E-state index in [1.54, 1.807) is 0 Å². The van der Waals surface area contributed by atoms with Crippen LogP contribution in [0.15, 0.2) is 30.3 Å². The maximum Gasteiger partial charge on any atom is 0.303 e. The number of hydrogen-bond donors (Lipinski definition) is 3. The van der Waals surface area contributed by atoms with Gasteiger partial charge in [-0.15, -0.1) is 0 Å². The maximum absolute atomic E-state index is 11.6. The Morgan fingerprint density at radius 2 is 1.95 bits per heavy atom. The van der Waals surface area contributed by atoms with E-state index < -0.39 is 5.97 Å². The number of carboxylic acids is 1. The topological polar surface area (TPSA) is 78.4 Å². The van der Waals surface area contributed by atoms with Crippen molar-refractivity contribution < 1.29 is 14.7 Å². The van der Waals surface area contributed by atoms with Crippen LogP contribution in [0.3, 0.4) is 0 Å². The minimum Gasteiger partial charge on any atom is -0.481 e. The van der Waals surface area contributed by atoms with E-state index in [1.165, 1.54) is 5.56 Å². The standard InChI is InChI=1S/C15H22N2O3/c1-12(13-6-3-2-4-7-13)10-17-14(18)11-16-9-5-8-15(19)20/h2-4,6-7,12,16H,5,8-11H2,1H3,(H,17,18)(H,19,20). The highest BCUT2D eigenvalue weighted by Gasteiger charge is 2.07. The Labute approximate surface area is 119 Å². The first kappa shape index (κ1) is 16.2. The van der Waals surface area contributed by atoms with E-state index in [-0.39, 0.29) is 24.8 Å². The zero-order valence-electron chi connectivity index (χ0n) is 11.8. The minimum absolute atomic E-state index is 0.0666. The van der Waals surface area contributed by atoms with Gasteiger partial charge >= 0.3 is 5.97 Å². The van der Waals surface area contributed by atoms with Crippen molar-refractivity contribution in [3.05, 3.63) is 35.9 Å². The van der Waals surface area contributed by atoms with Gasteiger partial charge in [0.25, 0.3) is 0 Å². The second kappa shape index (κ2) is 9.09. The molecule has 110 valence electrons. The van der Waals surface area contributed by atoms with Crippen LogP contribution in [0.5, 0.6) is 0 Å². The number of amides is 1. The van der Waals surface area contributed by atoms with Crippen LogP contribution in [0.25, 0.3) is 0 Å². The lowest BCUT2D eigenvalue weighted by molar-refractivity contribution is -0.137. The summed E-state index contributed by atoms with van der Waals surface area (Å²) in [6.07, 6.45) is 0.655. The first-order chi connectivity index (χ1) is 9.59. The summed E-state index contributed by atoms with van der Waals surface area (Å²) in [7, 11) is 0. The summed E-state index contributed by atoms with van der Waals surface area (Å²) in [4.78, 5) is 21.9. The summed E-state index contributed by atoms with van der Waals surface area (Å²) in [6.45, 7) is 3.42. The van der Waals surface area contributed by atoms with Gasteiger partial charge < -0.3 is 15.7 Å². The van der Waals surface area contributed by atoms with Gasteiger partial charge in [0.15, 0.2) is 0 Å². The molecule has 0 aliphatic carbocycles. The SMILES string of the molecule is CC(CNC(=O)CNCCCC(=O)O)c1ccccc1. The van der Waals surface area contributed by atoms with Crippen molar-refractivity contribution in [2.24, 2.45) is 0 Å². The molecule has 5 nitrogen and oxygen atoms in total. The summed E-state index contributed by atoms with van der Waals surface area (Å²) in [6, 6.07) is 10.0. The Balaban J connectivity index is 2.12. The molecule has 0 aromatic heterocycles. The molecule has 0 fully saturated rings. The molecule has 0 radical (unpaired) electrons. The fourth-order valence-electron chi connectivity index (χ4n) is 1.80. The van der Waals surface area contributed by atoms with Crippen molar-refractivity contribution in [3.63, 3.8) is 0 Å². The van der Waals surface area contributed by atoms with E-state index in [0.29, 0.717) is 19.5 Å². The second-order valence-electron chi connectivity index (χ2n) is 4.79. The van der Waals surface area contributed by atoms with E-state index >= 15 is 0 Å².